The van der Waals surface area contributed by atoms with Crippen molar-refractivity contribution in [2.24, 2.45) is 5.92 Å². The van der Waals surface area contributed by atoms with E-state index in [1.54, 1.807) is 16.7 Å². The quantitative estimate of drug-likeness (QED) is 0.403. The molecule has 0 radical (unpaired) electrons. The third kappa shape index (κ3) is 4.67. The summed E-state index contributed by atoms with van der Waals surface area (Å²) in [5.74, 6) is -0.805. The standard InChI is InChI=1S/C27H38N6O4/c1-17(2)15-31-24-20(9-10-21(34)32-14-6-12-27(32)11-5-13-30(4)16-27)18(3)29-33(24)26(37)22(25(31)36)23(35)28-19-7-8-19/h9-10,17,19H,5-8,11-16H2,1-4H3,(H2,28,35,36,37)/p+1/b10-9+. The summed E-state index contributed by atoms with van der Waals surface area (Å²) in [6.07, 6.45) is 9.21. The van der Waals surface area contributed by atoms with Gasteiger partial charge in [-0.25, -0.2) is 9.89 Å². The number of carbonyl (C=O) groups excluding carboxylic acids is 2. The van der Waals surface area contributed by atoms with Gasteiger partial charge in [0.05, 0.1) is 23.3 Å². The number of aromatic amines is 1. The first kappa shape index (κ1) is 25.5. The molecule has 3 N–H and O–H groups in total. The Morgan fingerprint density at radius 3 is 2.59 bits per heavy atom. The van der Waals surface area contributed by atoms with E-state index in [9.17, 15) is 19.5 Å². The Morgan fingerprint density at radius 1 is 1.24 bits per heavy atom. The van der Waals surface area contributed by atoms with Gasteiger partial charge in [-0.2, -0.15) is 4.57 Å². The first-order valence-electron chi connectivity index (χ1n) is 13.5. The lowest BCUT2D eigenvalue weighted by Crippen LogP contribution is -2.56. The zero-order valence-electron chi connectivity index (χ0n) is 22.3. The van der Waals surface area contributed by atoms with E-state index in [1.165, 1.54) is 4.52 Å². The van der Waals surface area contributed by atoms with Gasteiger partial charge in [0.1, 0.15) is 0 Å². The number of fused-ring (bicyclic) bond motifs is 1. The molecule has 0 bridgehead atoms. The highest BCUT2D eigenvalue weighted by Gasteiger charge is 2.45. The zero-order valence-corrected chi connectivity index (χ0v) is 22.3. The van der Waals surface area contributed by atoms with Crippen molar-refractivity contribution in [1.29, 1.82) is 0 Å². The van der Waals surface area contributed by atoms with Crippen LogP contribution in [0.3, 0.4) is 0 Å². The van der Waals surface area contributed by atoms with E-state index in [0.29, 0.717) is 23.4 Å². The molecule has 1 aliphatic carbocycles. The molecule has 4 heterocycles. The SMILES string of the molecule is Cc1[nH]n2c(=O)c(C(=O)NC3CC3)c(O)[n+](CC(C)C)c2c1/C=C/C(=O)N1CCCC12CCCN(C)C2. The number of likely N-dealkylation sites (tertiary alicyclic amines) is 2. The minimum absolute atomic E-state index is 0.0334. The maximum Gasteiger partial charge on any atom is 0.378 e. The number of hydrogen-bond donors (Lipinski definition) is 3. The minimum atomic E-state index is -0.608. The van der Waals surface area contributed by atoms with Crippen LogP contribution < -0.4 is 15.4 Å². The Labute approximate surface area is 216 Å². The van der Waals surface area contributed by atoms with Crippen LogP contribution in [0.15, 0.2) is 10.9 Å². The molecule has 3 aliphatic rings. The largest absolute Gasteiger partial charge is 0.477 e. The molecule has 2 saturated heterocycles. The lowest BCUT2D eigenvalue weighted by Gasteiger charge is -2.44. The van der Waals surface area contributed by atoms with Gasteiger partial charge in [0, 0.05) is 25.2 Å². The fourth-order valence-electron chi connectivity index (χ4n) is 6.14. The van der Waals surface area contributed by atoms with Gasteiger partial charge in [-0.15, -0.1) is 0 Å². The van der Waals surface area contributed by atoms with Crippen LogP contribution in [0.4, 0.5) is 0 Å². The van der Waals surface area contributed by atoms with Crippen molar-refractivity contribution in [2.45, 2.75) is 77.4 Å². The van der Waals surface area contributed by atoms with Gasteiger partial charge in [-0.3, -0.25) is 9.59 Å². The van der Waals surface area contributed by atoms with Crippen LogP contribution in [0.5, 0.6) is 5.88 Å². The smallest absolute Gasteiger partial charge is 0.378 e. The molecular formula is C27H39N6O4+. The third-order valence-electron chi connectivity index (χ3n) is 7.98. The van der Waals surface area contributed by atoms with Gasteiger partial charge in [0.15, 0.2) is 0 Å². The molecule has 200 valence electrons. The predicted molar refractivity (Wildman–Crippen MR) is 139 cm³/mol. The van der Waals surface area contributed by atoms with Crippen molar-refractivity contribution in [1.82, 2.24) is 24.7 Å². The Balaban J connectivity index is 1.54. The summed E-state index contributed by atoms with van der Waals surface area (Å²) >= 11 is 0. The van der Waals surface area contributed by atoms with E-state index in [2.05, 4.69) is 22.4 Å². The average Bonchev–Trinajstić information content (AvgIpc) is 3.46. The number of nitrogens with one attached hydrogen (secondary N) is 2. The summed E-state index contributed by atoms with van der Waals surface area (Å²) in [7, 11) is 2.11. The molecule has 2 aromatic rings. The summed E-state index contributed by atoms with van der Waals surface area (Å²) in [6.45, 7) is 8.93. The lowest BCUT2D eigenvalue weighted by molar-refractivity contribution is -0.686. The molecule has 10 heteroatoms. The summed E-state index contributed by atoms with van der Waals surface area (Å²) in [5.41, 5.74) is 0.771. The van der Waals surface area contributed by atoms with Crippen LogP contribution in [-0.4, -0.2) is 74.6 Å². The Hall–Kier alpha value is -3.14. The monoisotopic (exact) mass is 511 g/mol. The van der Waals surface area contributed by atoms with Crippen molar-refractivity contribution in [2.75, 3.05) is 26.7 Å². The highest BCUT2D eigenvalue weighted by atomic mass is 16.3. The average molecular weight is 512 g/mol. The van der Waals surface area contributed by atoms with E-state index in [1.807, 2.05) is 25.7 Å². The van der Waals surface area contributed by atoms with Crippen molar-refractivity contribution >= 4 is 23.5 Å². The van der Waals surface area contributed by atoms with Crippen LogP contribution >= 0.6 is 0 Å². The molecule has 1 atom stereocenters. The van der Waals surface area contributed by atoms with E-state index in [0.717, 1.165) is 58.2 Å². The van der Waals surface area contributed by atoms with Crippen LogP contribution in [0.25, 0.3) is 11.7 Å². The summed E-state index contributed by atoms with van der Waals surface area (Å²) < 4.78 is 2.92. The zero-order chi connectivity index (χ0) is 26.5. The summed E-state index contributed by atoms with van der Waals surface area (Å²) in [4.78, 5) is 44.0. The number of rotatable bonds is 6. The lowest BCUT2D eigenvalue weighted by atomic mass is 9.86. The molecule has 1 saturated carbocycles. The molecule has 10 nitrogen and oxygen atoms in total. The molecule has 2 aromatic heterocycles. The van der Waals surface area contributed by atoms with Crippen molar-refractivity contribution in [3.63, 3.8) is 0 Å². The number of likely N-dealkylation sites (N-methyl/N-ethyl adjacent to an activating group) is 1. The van der Waals surface area contributed by atoms with Crippen molar-refractivity contribution < 1.29 is 19.3 Å². The number of aryl methyl sites for hydroxylation is 1. The fourth-order valence-corrected chi connectivity index (χ4v) is 6.14. The van der Waals surface area contributed by atoms with Crippen LogP contribution in [0, 0.1) is 12.8 Å². The second-order valence-electron chi connectivity index (χ2n) is 11.6. The predicted octanol–water partition coefficient (Wildman–Crippen LogP) is 1.58. The molecule has 2 amide bonds. The van der Waals surface area contributed by atoms with Gasteiger partial charge < -0.3 is 20.2 Å². The molecular weight excluding hydrogens is 472 g/mol. The van der Waals surface area contributed by atoms with E-state index < -0.39 is 11.5 Å². The maximum atomic E-state index is 13.4. The highest BCUT2D eigenvalue weighted by molar-refractivity contribution is 5.96. The van der Waals surface area contributed by atoms with Gasteiger partial charge in [0.2, 0.25) is 11.5 Å². The first-order valence-corrected chi connectivity index (χ1v) is 13.5. The van der Waals surface area contributed by atoms with Crippen LogP contribution in [-0.2, 0) is 11.3 Å². The van der Waals surface area contributed by atoms with Gasteiger partial charge in [-0.1, -0.05) is 18.4 Å². The molecule has 2 aliphatic heterocycles. The van der Waals surface area contributed by atoms with Gasteiger partial charge in [-0.05, 0) is 71.0 Å². The molecule has 5 rings (SSSR count). The second kappa shape index (κ2) is 9.63. The normalized spacial score (nSPS) is 22.7. The first-order chi connectivity index (χ1) is 17.6. The van der Waals surface area contributed by atoms with Gasteiger partial charge in [0.25, 0.3) is 5.91 Å². The van der Waals surface area contributed by atoms with Crippen LogP contribution in [0.1, 0.15) is 74.0 Å². The van der Waals surface area contributed by atoms with Crippen LogP contribution in [0.2, 0.25) is 0 Å². The summed E-state index contributed by atoms with van der Waals surface area (Å²) in [6, 6.07) is 0.0539. The number of piperidine rings is 1. The van der Waals surface area contributed by atoms with E-state index in [-0.39, 0.29) is 34.8 Å². The van der Waals surface area contributed by atoms with Crippen molar-refractivity contribution in [3.05, 3.63) is 33.3 Å². The van der Waals surface area contributed by atoms with E-state index >= 15 is 0 Å². The Kier molecular flexibility index (Phi) is 6.64. The minimum Gasteiger partial charge on any atom is -0.477 e. The summed E-state index contributed by atoms with van der Waals surface area (Å²) in [5, 5.41) is 17.0. The number of carbonyl (C=O) groups is 2. The number of aromatic nitrogens is 3. The number of amides is 2. The Bertz CT molecular complexity index is 1320. The topological polar surface area (TPSA) is 114 Å². The third-order valence-corrected chi connectivity index (χ3v) is 7.98. The molecule has 1 spiro atoms. The Morgan fingerprint density at radius 2 is 1.95 bits per heavy atom. The molecule has 0 aromatic carbocycles. The number of hydrogen-bond acceptors (Lipinski definition) is 5. The number of H-pyrrole nitrogens is 1. The second-order valence-corrected chi connectivity index (χ2v) is 11.6. The highest BCUT2D eigenvalue weighted by Crippen LogP contribution is 2.37. The number of aromatic hydroxyl groups is 1. The number of nitrogens with zero attached hydrogens (tertiary/aromatic N) is 4. The van der Waals surface area contributed by atoms with Crippen molar-refractivity contribution in [3.8, 4) is 5.88 Å². The molecule has 37 heavy (non-hydrogen) atoms. The van der Waals surface area contributed by atoms with Gasteiger partial charge >= 0.3 is 17.1 Å². The van der Waals surface area contributed by atoms with E-state index in [4.69, 9.17) is 0 Å². The fraction of sp³-hybridized carbons (Fsp3) is 0.630. The maximum absolute atomic E-state index is 13.4. The molecule has 3 fully saturated rings. The molecule has 1 unspecified atom stereocenters.